The molecule has 0 aromatic carbocycles. The van der Waals surface area contributed by atoms with Crippen LogP contribution in [0.5, 0.6) is 0 Å². The summed E-state index contributed by atoms with van der Waals surface area (Å²) >= 11 is 0. The predicted molar refractivity (Wildman–Crippen MR) is 80.9 cm³/mol. The summed E-state index contributed by atoms with van der Waals surface area (Å²) in [6, 6.07) is 3.50. The third-order valence-electron chi connectivity index (χ3n) is 3.83. The minimum Gasteiger partial charge on any atom is -0.365 e. The second kappa shape index (κ2) is 7.24. The molecule has 1 aliphatic heterocycles. The van der Waals surface area contributed by atoms with Crippen molar-refractivity contribution in [1.29, 1.82) is 0 Å². The van der Waals surface area contributed by atoms with Gasteiger partial charge in [-0.15, -0.1) is 0 Å². The summed E-state index contributed by atoms with van der Waals surface area (Å²) in [4.78, 5) is 18.0. The van der Waals surface area contributed by atoms with Crippen molar-refractivity contribution in [2.24, 2.45) is 11.7 Å². The molecule has 5 nitrogen and oxygen atoms in total. The van der Waals surface area contributed by atoms with E-state index in [1.54, 1.807) is 18.3 Å². The highest BCUT2D eigenvalue weighted by Gasteiger charge is 2.22. The van der Waals surface area contributed by atoms with E-state index in [0.29, 0.717) is 5.56 Å². The van der Waals surface area contributed by atoms with E-state index in [1.165, 1.54) is 6.42 Å². The van der Waals surface area contributed by atoms with Crippen molar-refractivity contribution >= 4 is 11.7 Å². The summed E-state index contributed by atoms with van der Waals surface area (Å²) in [6.45, 7) is 6.24. The molecule has 20 heavy (non-hydrogen) atoms. The fourth-order valence-electron chi connectivity index (χ4n) is 2.67. The molecule has 0 radical (unpaired) electrons. The highest BCUT2D eigenvalue weighted by Crippen LogP contribution is 2.23. The van der Waals surface area contributed by atoms with Gasteiger partial charge >= 0.3 is 0 Å². The van der Waals surface area contributed by atoms with Crippen LogP contribution in [0.4, 0.5) is 5.82 Å². The lowest BCUT2D eigenvalue weighted by atomic mass is 9.96. The molecule has 1 saturated heterocycles. The van der Waals surface area contributed by atoms with E-state index in [1.807, 2.05) is 0 Å². The molecule has 0 bridgehead atoms. The number of pyridine rings is 1. The van der Waals surface area contributed by atoms with Crippen molar-refractivity contribution in [3.63, 3.8) is 0 Å². The lowest BCUT2D eigenvalue weighted by Crippen LogP contribution is -2.38. The number of nitrogens with zero attached hydrogens (tertiary/aromatic N) is 2. The number of carbonyl (C=O) groups is 1. The van der Waals surface area contributed by atoms with E-state index in [0.717, 1.165) is 50.8 Å². The fraction of sp³-hybridized carbons (Fsp3) is 0.600. The Bertz CT molecular complexity index is 441. The molecule has 1 aromatic heterocycles. The van der Waals surface area contributed by atoms with E-state index in [4.69, 9.17) is 5.73 Å². The average Bonchev–Trinajstić information content (AvgIpc) is 2.48. The van der Waals surface area contributed by atoms with Crippen LogP contribution < -0.4 is 16.0 Å². The molecule has 2 rings (SSSR count). The smallest absolute Gasteiger partial charge is 0.252 e. The third kappa shape index (κ3) is 3.70. The highest BCUT2D eigenvalue weighted by atomic mass is 16.1. The number of hydrogen-bond donors (Lipinski definition) is 2. The van der Waals surface area contributed by atoms with Gasteiger partial charge in [0.2, 0.25) is 0 Å². The van der Waals surface area contributed by atoms with Crippen LogP contribution in [0, 0.1) is 5.92 Å². The number of carbonyl (C=O) groups excluding carboxylic acids is 1. The number of hydrogen-bond acceptors (Lipinski definition) is 4. The fourth-order valence-corrected chi connectivity index (χ4v) is 2.67. The molecule has 0 spiro atoms. The van der Waals surface area contributed by atoms with Gasteiger partial charge in [-0.3, -0.25) is 4.79 Å². The van der Waals surface area contributed by atoms with Crippen molar-refractivity contribution < 1.29 is 4.79 Å². The van der Waals surface area contributed by atoms with Crippen molar-refractivity contribution in [1.82, 2.24) is 10.3 Å². The first-order valence-corrected chi connectivity index (χ1v) is 7.42. The first kappa shape index (κ1) is 14.8. The summed E-state index contributed by atoms with van der Waals surface area (Å²) in [5.74, 6) is 1.05. The zero-order chi connectivity index (χ0) is 14.4. The van der Waals surface area contributed by atoms with Crippen molar-refractivity contribution in [3.8, 4) is 0 Å². The quantitative estimate of drug-likeness (QED) is 0.770. The molecular weight excluding hydrogens is 252 g/mol. The number of nitrogens with two attached hydrogens (primary N) is 1. The summed E-state index contributed by atoms with van der Waals surface area (Å²) in [7, 11) is 0. The number of aromatic nitrogens is 1. The molecule has 1 amide bonds. The Labute approximate surface area is 120 Å². The normalized spacial score (nSPS) is 16.4. The molecule has 5 heteroatoms. The number of piperidine rings is 1. The van der Waals surface area contributed by atoms with Gasteiger partial charge in [0.15, 0.2) is 0 Å². The predicted octanol–water partition coefficient (Wildman–Crippen LogP) is 1.40. The summed E-state index contributed by atoms with van der Waals surface area (Å²) in [5, 5.41) is 3.48. The van der Waals surface area contributed by atoms with Crippen LogP contribution in [0.1, 0.15) is 36.5 Å². The Morgan fingerprint density at radius 1 is 1.50 bits per heavy atom. The first-order valence-electron chi connectivity index (χ1n) is 7.42. The Morgan fingerprint density at radius 3 is 2.90 bits per heavy atom. The van der Waals surface area contributed by atoms with Gasteiger partial charge in [-0.25, -0.2) is 4.98 Å². The molecule has 0 unspecified atom stereocenters. The van der Waals surface area contributed by atoms with Crippen molar-refractivity contribution in [2.75, 3.05) is 31.1 Å². The monoisotopic (exact) mass is 276 g/mol. The second-order valence-electron chi connectivity index (χ2n) is 5.37. The van der Waals surface area contributed by atoms with Gasteiger partial charge in [0.05, 0.1) is 5.56 Å². The van der Waals surface area contributed by atoms with Crippen molar-refractivity contribution in [3.05, 3.63) is 23.9 Å². The van der Waals surface area contributed by atoms with Gasteiger partial charge in [-0.05, 0) is 50.4 Å². The highest BCUT2D eigenvalue weighted by molar-refractivity contribution is 5.97. The van der Waals surface area contributed by atoms with Gasteiger partial charge < -0.3 is 16.0 Å². The molecule has 1 aliphatic rings. The molecule has 110 valence electrons. The number of rotatable bonds is 6. The molecule has 0 atom stereocenters. The van der Waals surface area contributed by atoms with E-state index >= 15 is 0 Å². The molecule has 0 aliphatic carbocycles. The Balaban J connectivity index is 1.92. The third-order valence-corrected chi connectivity index (χ3v) is 3.83. The van der Waals surface area contributed by atoms with E-state index < -0.39 is 5.91 Å². The zero-order valence-corrected chi connectivity index (χ0v) is 12.1. The standard InChI is InChI=1S/C15H24N4O/c1-2-7-17-11-12-5-9-19(10-6-12)15-13(14(16)20)4-3-8-18-15/h3-4,8,12,17H,2,5-7,9-11H2,1H3,(H2,16,20). The maximum absolute atomic E-state index is 11.4. The second-order valence-corrected chi connectivity index (χ2v) is 5.37. The minimum absolute atomic E-state index is 0.403. The maximum atomic E-state index is 11.4. The lowest BCUT2D eigenvalue weighted by Gasteiger charge is -2.33. The Kier molecular flexibility index (Phi) is 5.35. The summed E-state index contributed by atoms with van der Waals surface area (Å²) in [5.41, 5.74) is 5.94. The van der Waals surface area contributed by atoms with Gasteiger partial charge in [-0.1, -0.05) is 6.92 Å². The molecule has 2 heterocycles. The minimum atomic E-state index is -0.403. The SMILES string of the molecule is CCCNCC1CCN(c2ncccc2C(N)=O)CC1. The molecule has 3 N–H and O–H groups in total. The van der Waals surface area contributed by atoms with Gasteiger partial charge in [0.25, 0.3) is 5.91 Å². The largest absolute Gasteiger partial charge is 0.365 e. The molecular formula is C15H24N4O. The topological polar surface area (TPSA) is 71.2 Å². The molecule has 0 saturated carbocycles. The number of nitrogens with one attached hydrogen (secondary N) is 1. The number of primary amides is 1. The van der Waals surface area contributed by atoms with Gasteiger partial charge in [0.1, 0.15) is 5.82 Å². The Hall–Kier alpha value is -1.62. The van der Waals surface area contributed by atoms with Crippen LogP contribution in [0.3, 0.4) is 0 Å². The summed E-state index contributed by atoms with van der Waals surface area (Å²) in [6.07, 6.45) is 5.16. The van der Waals surface area contributed by atoms with Crippen LogP contribution in [0.25, 0.3) is 0 Å². The van der Waals surface area contributed by atoms with Crippen LogP contribution >= 0.6 is 0 Å². The first-order chi connectivity index (χ1) is 9.72. The molecule has 1 aromatic rings. The van der Waals surface area contributed by atoms with Gasteiger partial charge in [-0.2, -0.15) is 0 Å². The van der Waals surface area contributed by atoms with Gasteiger partial charge in [0, 0.05) is 19.3 Å². The lowest BCUT2D eigenvalue weighted by molar-refractivity contribution is 0.100. The summed E-state index contributed by atoms with van der Waals surface area (Å²) < 4.78 is 0. The van der Waals surface area contributed by atoms with Crippen LogP contribution in [-0.2, 0) is 0 Å². The average molecular weight is 276 g/mol. The van der Waals surface area contributed by atoms with Crippen LogP contribution in [0.15, 0.2) is 18.3 Å². The molecule has 1 fully saturated rings. The van der Waals surface area contributed by atoms with E-state index in [-0.39, 0.29) is 0 Å². The maximum Gasteiger partial charge on any atom is 0.252 e. The van der Waals surface area contributed by atoms with Crippen LogP contribution in [0.2, 0.25) is 0 Å². The number of amides is 1. The van der Waals surface area contributed by atoms with Crippen LogP contribution in [-0.4, -0.2) is 37.1 Å². The van der Waals surface area contributed by atoms with E-state index in [9.17, 15) is 4.79 Å². The number of anilines is 1. The Morgan fingerprint density at radius 2 is 2.25 bits per heavy atom. The zero-order valence-electron chi connectivity index (χ0n) is 12.1. The van der Waals surface area contributed by atoms with E-state index in [2.05, 4.69) is 22.1 Å². The van der Waals surface area contributed by atoms with Crippen molar-refractivity contribution in [2.45, 2.75) is 26.2 Å².